The van der Waals surface area contributed by atoms with Gasteiger partial charge in [-0.15, -0.1) is 0 Å². The highest BCUT2D eigenvalue weighted by atomic mass is 32.2. The summed E-state index contributed by atoms with van der Waals surface area (Å²) in [6.45, 7) is 3.14. The molecule has 0 spiro atoms. The maximum Gasteiger partial charge on any atom is 0.271 e. The van der Waals surface area contributed by atoms with Gasteiger partial charge in [0.15, 0.2) is 0 Å². The maximum atomic E-state index is 12.8. The molecular formula is C25H30N4O3S. The molecule has 8 heteroatoms. The minimum Gasteiger partial charge on any atom is -0.348 e. The summed E-state index contributed by atoms with van der Waals surface area (Å²) in [6.07, 6.45) is 7.84. The number of sulfonamides is 1. The number of nitrogens with zero attached hydrogens (tertiary/aromatic N) is 3. The summed E-state index contributed by atoms with van der Waals surface area (Å²) in [4.78, 5) is 17.1. The first kappa shape index (κ1) is 23.2. The molecule has 0 unspecified atom stereocenters. The van der Waals surface area contributed by atoms with Crippen LogP contribution in [0.4, 0.5) is 0 Å². The van der Waals surface area contributed by atoms with E-state index in [0.717, 1.165) is 37.8 Å². The summed E-state index contributed by atoms with van der Waals surface area (Å²) >= 11 is 0. The third-order valence-corrected chi connectivity index (χ3v) is 7.90. The molecule has 3 aromatic rings. The quantitative estimate of drug-likeness (QED) is 0.547. The molecule has 1 aromatic heterocycles. The lowest BCUT2D eigenvalue weighted by Crippen LogP contribution is -2.35. The molecule has 1 aliphatic rings. The monoisotopic (exact) mass is 466 g/mol. The van der Waals surface area contributed by atoms with Crippen molar-refractivity contribution in [3.63, 3.8) is 0 Å². The number of rotatable bonds is 8. The van der Waals surface area contributed by atoms with E-state index in [1.165, 1.54) is 5.56 Å². The Morgan fingerprint density at radius 3 is 2.42 bits per heavy atom. The second-order valence-corrected chi connectivity index (χ2v) is 10.5. The third-order valence-electron chi connectivity index (χ3n) is 5.99. The third kappa shape index (κ3) is 5.69. The molecule has 7 nitrogen and oxygen atoms in total. The smallest absolute Gasteiger partial charge is 0.271 e. The number of benzene rings is 2. The fourth-order valence-corrected chi connectivity index (χ4v) is 5.54. The van der Waals surface area contributed by atoms with Crippen LogP contribution in [0.5, 0.6) is 0 Å². The number of imidazole rings is 1. The second kappa shape index (κ2) is 10.3. The molecule has 0 bridgehead atoms. The minimum absolute atomic E-state index is 0.0159. The fourth-order valence-electron chi connectivity index (χ4n) is 4.02. The molecule has 2 aromatic carbocycles. The average molecular weight is 467 g/mol. The van der Waals surface area contributed by atoms with Crippen LogP contribution in [0.1, 0.15) is 48.7 Å². The average Bonchev–Trinajstić information content (AvgIpc) is 3.35. The van der Waals surface area contributed by atoms with Gasteiger partial charge in [-0.05, 0) is 62.4 Å². The van der Waals surface area contributed by atoms with E-state index < -0.39 is 10.0 Å². The molecule has 33 heavy (non-hydrogen) atoms. The van der Waals surface area contributed by atoms with Gasteiger partial charge < -0.3 is 9.88 Å². The van der Waals surface area contributed by atoms with E-state index in [4.69, 9.17) is 0 Å². The molecule has 1 saturated heterocycles. The molecule has 174 valence electrons. The van der Waals surface area contributed by atoms with Gasteiger partial charge in [0.2, 0.25) is 10.0 Å². The number of nitrogens with one attached hydrogen (secondary N) is 1. The molecule has 0 radical (unpaired) electrons. The number of carbonyl (C=O) groups is 1. The standard InChI is InChI=1S/C25H30N4O3S/c1-20(10-11-21-8-4-2-5-9-21)27-25(30)24-18-28(19-26-24)22-12-14-23(15-13-22)33(31,32)29-16-6-3-7-17-29/h2,4-5,8-9,12-15,18-20H,3,6-7,10-11,16-17H2,1H3,(H,27,30)/t20-/m0/s1. The highest BCUT2D eigenvalue weighted by Crippen LogP contribution is 2.22. The van der Waals surface area contributed by atoms with E-state index in [2.05, 4.69) is 22.4 Å². The van der Waals surface area contributed by atoms with Crippen molar-refractivity contribution in [1.82, 2.24) is 19.2 Å². The maximum absolute atomic E-state index is 12.8. The predicted molar refractivity (Wildman–Crippen MR) is 128 cm³/mol. The van der Waals surface area contributed by atoms with Crippen LogP contribution in [-0.2, 0) is 16.4 Å². The molecule has 1 fully saturated rings. The van der Waals surface area contributed by atoms with Crippen molar-refractivity contribution in [2.75, 3.05) is 13.1 Å². The molecule has 1 aliphatic heterocycles. The van der Waals surface area contributed by atoms with Crippen molar-refractivity contribution < 1.29 is 13.2 Å². The first-order valence-corrected chi connectivity index (χ1v) is 12.9. The Kier molecular flexibility index (Phi) is 7.25. The van der Waals surface area contributed by atoms with Gasteiger partial charge in [0.25, 0.3) is 5.91 Å². The number of carbonyl (C=O) groups excluding carboxylic acids is 1. The zero-order valence-electron chi connectivity index (χ0n) is 18.9. The van der Waals surface area contributed by atoms with E-state index in [1.807, 2.05) is 25.1 Å². The van der Waals surface area contributed by atoms with Crippen molar-refractivity contribution >= 4 is 15.9 Å². The van der Waals surface area contributed by atoms with Crippen LogP contribution in [0.15, 0.2) is 72.0 Å². The molecule has 0 aliphatic carbocycles. The lowest BCUT2D eigenvalue weighted by atomic mass is 10.1. The highest BCUT2D eigenvalue weighted by molar-refractivity contribution is 7.89. The molecule has 1 N–H and O–H groups in total. The van der Waals surface area contributed by atoms with Gasteiger partial charge in [-0.3, -0.25) is 4.79 Å². The van der Waals surface area contributed by atoms with Crippen molar-refractivity contribution in [2.24, 2.45) is 0 Å². The van der Waals surface area contributed by atoms with Crippen molar-refractivity contribution in [3.05, 3.63) is 78.4 Å². The van der Waals surface area contributed by atoms with E-state index in [-0.39, 0.29) is 11.9 Å². The molecule has 1 atom stereocenters. The SMILES string of the molecule is C[C@@H](CCc1ccccc1)NC(=O)c1cn(-c2ccc(S(=O)(=O)N3CCCCC3)cc2)cn1. The van der Waals surface area contributed by atoms with Crippen LogP contribution in [0.3, 0.4) is 0 Å². The number of amides is 1. The second-order valence-electron chi connectivity index (χ2n) is 8.52. The van der Waals surface area contributed by atoms with Gasteiger partial charge in [0.05, 0.1) is 4.90 Å². The van der Waals surface area contributed by atoms with Crippen molar-refractivity contribution in [1.29, 1.82) is 0 Å². The summed E-state index contributed by atoms with van der Waals surface area (Å²) in [5.74, 6) is -0.224. The first-order chi connectivity index (χ1) is 15.9. The van der Waals surface area contributed by atoms with Crippen molar-refractivity contribution in [3.8, 4) is 5.69 Å². The number of hydrogen-bond donors (Lipinski definition) is 1. The molecule has 0 saturated carbocycles. The molecular weight excluding hydrogens is 436 g/mol. The highest BCUT2D eigenvalue weighted by Gasteiger charge is 2.25. The summed E-state index contributed by atoms with van der Waals surface area (Å²) in [5, 5.41) is 3.00. The Hall–Kier alpha value is -2.97. The largest absolute Gasteiger partial charge is 0.348 e. The van der Waals surface area contributed by atoms with Crippen LogP contribution >= 0.6 is 0 Å². The van der Waals surface area contributed by atoms with Gasteiger partial charge in [-0.2, -0.15) is 4.31 Å². The number of aryl methyl sites for hydroxylation is 1. The first-order valence-electron chi connectivity index (χ1n) is 11.4. The van der Waals surface area contributed by atoms with Crippen LogP contribution in [0.25, 0.3) is 5.69 Å². The zero-order chi connectivity index (χ0) is 23.3. The Morgan fingerprint density at radius 1 is 1.03 bits per heavy atom. The summed E-state index contributed by atoms with van der Waals surface area (Å²) in [6, 6.07) is 16.9. The number of piperidine rings is 1. The Morgan fingerprint density at radius 2 is 1.73 bits per heavy atom. The van der Waals surface area contributed by atoms with Gasteiger partial charge in [-0.25, -0.2) is 13.4 Å². The summed E-state index contributed by atoms with van der Waals surface area (Å²) < 4.78 is 28.9. The Labute approximate surface area is 195 Å². The van der Waals surface area contributed by atoms with Crippen LogP contribution < -0.4 is 5.32 Å². The van der Waals surface area contributed by atoms with Crippen molar-refractivity contribution in [2.45, 2.75) is 50.0 Å². The zero-order valence-corrected chi connectivity index (χ0v) is 19.7. The van der Waals surface area contributed by atoms with Gasteiger partial charge in [0, 0.05) is 31.0 Å². The topological polar surface area (TPSA) is 84.3 Å². The van der Waals surface area contributed by atoms with Gasteiger partial charge >= 0.3 is 0 Å². The Balaban J connectivity index is 1.37. The van der Waals surface area contributed by atoms with Crippen LogP contribution in [0, 0.1) is 0 Å². The van der Waals surface area contributed by atoms with E-state index in [9.17, 15) is 13.2 Å². The molecule has 2 heterocycles. The normalized spacial score (nSPS) is 15.8. The van der Waals surface area contributed by atoms with Gasteiger partial charge in [-0.1, -0.05) is 36.8 Å². The predicted octanol–water partition coefficient (Wildman–Crippen LogP) is 3.80. The van der Waals surface area contributed by atoms with E-state index in [0.29, 0.717) is 23.7 Å². The fraction of sp³-hybridized carbons (Fsp3) is 0.360. The minimum atomic E-state index is -3.46. The van der Waals surface area contributed by atoms with E-state index in [1.54, 1.807) is 45.7 Å². The summed E-state index contributed by atoms with van der Waals surface area (Å²) in [7, 11) is -3.46. The Bertz CT molecular complexity index is 1170. The number of aromatic nitrogens is 2. The van der Waals surface area contributed by atoms with Gasteiger partial charge in [0.1, 0.15) is 12.0 Å². The van der Waals surface area contributed by atoms with Crippen LogP contribution in [0.2, 0.25) is 0 Å². The summed E-state index contributed by atoms with van der Waals surface area (Å²) in [5.41, 5.74) is 2.32. The lowest BCUT2D eigenvalue weighted by Gasteiger charge is -2.25. The van der Waals surface area contributed by atoms with Crippen LogP contribution in [-0.4, -0.2) is 47.3 Å². The van der Waals surface area contributed by atoms with E-state index >= 15 is 0 Å². The lowest BCUT2D eigenvalue weighted by molar-refractivity contribution is 0.0934. The number of hydrogen-bond acceptors (Lipinski definition) is 4. The molecule has 1 amide bonds. The molecule has 4 rings (SSSR count).